The average Bonchev–Trinajstić information content (AvgIpc) is 2.72. The zero-order chi connectivity index (χ0) is 19.1. The Morgan fingerprint density at radius 3 is 2.44 bits per heavy atom. The number of aryl methyl sites for hydroxylation is 1. The van der Waals surface area contributed by atoms with Gasteiger partial charge < -0.3 is 14.8 Å². The number of carbonyl (C=O) groups is 2. The molecule has 3 rings (SSSR count). The van der Waals surface area contributed by atoms with E-state index >= 15 is 0 Å². The highest BCUT2D eigenvalue weighted by molar-refractivity contribution is 5.91. The average molecular weight is 374 g/mol. The topological polar surface area (TPSA) is 67.9 Å². The molecule has 1 aliphatic carbocycles. The predicted molar refractivity (Wildman–Crippen MR) is 103 cm³/mol. The van der Waals surface area contributed by atoms with Gasteiger partial charge in [-0.15, -0.1) is 0 Å². The number of nitrogens with zero attached hydrogens (tertiary/aromatic N) is 1. The first kappa shape index (κ1) is 19.8. The molecule has 0 bridgehead atoms. The van der Waals surface area contributed by atoms with Gasteiger partial charge in [0.15, 0.2) is 6.61 Å². The number of amides is 1. The van der Waals surface area contributed by atoms with Crippen molar-refractivity contribution in [3.8, 4) is 0 Å². The van der Waals surface area contributed by atoms with Gasteiger partial charge >= 0.3 is 5.97 Å². The molecule has 148 valence electrons. The number of ether oxygens (including phenoxy) is 2. The molecule has 1 saturated heterocycles. The van der Waals surface area contributed by atoms with Crippen LogP contribution in [0.3, 0.4) is 0 Å². The molecule has 0 spiro atoms. The van der Waals surface area contributed by atoms with Crippen LogP contribution in [0.25, 0.3) is 0 Å². The molecule has 1 amide bonds. The monoisotopic (exact) mass is 374 g/mol. The second kappa shape index (κ2) is 9.33. The normalized spacial score (nSPS) is 20.0. The van der Waals surface area contributed by atoms with Gasteiger partial charge in [-0.1, -0.05) is 37.0 Å². The van der Waals surface area contributed by atoms with E-state index in [1.165, 1.54) is 19.3 Å². The Morgan fingerprint density at radius 2 is 1.78 bits per heavy atom. The molecule has 1 aromatic rings. The van der Waals surface area contributed by atoms with Crippen LogP contribution in [0.2, 0.25) is 0 Å². The first-order chi connectivity index (χ1) is 13.1. The minimum absolute atomic E-state index is 0.0126. The number of morpholine rings is 1. The van der Waals surface area contributed by atoms with Crippen molar-refractivity contribution in [3.63, 3.8) is 0 Å². The van der Waals surface area contributed by atoms with Gasteiger partial charge in [0.1, 0.15) is 0 Å². The fraction of sp³-hybridized carbons (Fsp3) is 0.619. The lowest BCUT2D eigenvalue weighted by Gasteiger charge is -2.48. The van der Waals surface area contributed by atoms with Crippen LogP contribution in [0.4, 0.5) is 0 Å². The number of hydrogen-bond donors (Lipinski definition) is 1. The standard InChI is InChI=1S/C21H30N2O4/c1-17-5-7-18(8-6-17)20(25)27-15-19(24)22-16-21(9-3-2-4-10-21)23-11-13-26-14-12-23/h5-8H,2-4,9-16H2,1H3,(H,22,24). The molecule has 6 nitrogen and oxygen atoms in total. The maximum atomic E-state index is 12.3. The first-order valence-electron chi connectivity index (χ1n) is 9.92. The van der Waals surface area contributed by atoms with Crippen molar-refractivity contribution in [2.45, 2.75) is 44.6 Å². The van der Waals surface area contributed by atoms with Gasteiger partial charge in [-0.3, -0.25) is 9.69 Å². The zero-order valence-corrected chi connectivity index (χ0v) is 16.2. The van der Waals surface area contributed by atoms with Gasteiger partial charge in [0.25, 0.3) is 5.91 Å². The van der Waals surface area contributed by atoms with Crippen LogP contribution in [0.15, 0.2) is 24.3 Å². The van der Waals surface area contributed by atoms with Gasteiger partial charge in [-0.05, 0) is 31.9 Å². The molecule has 0 aromatic heterocycles. The van der Waals surface area contributed by atoms with Crippen molar-refractivity contribution in [1.29, 1.82) is 0 Å². The van der Waals surface area contributed by atoms with Gasteiger partial charge in [0, 0.05) is 25.2 Å². The van der Waals surface area contributed by atoms with E-state index in [0.717, 1.165) is 44.7 Å². The summed E-state index contributed by atoms with van der Waals surface area (Å²) in [7, 11) is 0. The third-order valence-corrected chi connectivity index (χ3v) is 5.70. The summed E-state index contributed by atoms with van der Waals surface area (Å²) >= 11 is 0. The fourth-order valence-corrected chi connectivity index (χ4v) is 4.07. The lowest BCUT2D eigenvalue weighted by molar-refractivity contribution is -0.125. The second-order valence-electron chi connectivity index (χ2n) is 7.60. The summed E-state index contributed by atoms with van der Waals surface area (Å²) in [5, 5.41) is 3.01. The number of benzene rings is 1. The van der Waals surface area contributed by atoms with Gasteiger partial charge in [-0.2, -0.15) is 0 Å². The number of esters is 1. The quantitative estimate of drug-likeness (QED) is 0.774. The van der Waals surface area contributed by atoms with Crippen molar-refractivity contribution in [1.82, 2.24) is 10.2 Å². The summed E-state index contributed by atoms with van der Waals surface area (Å²) in [6.07, 6.45) is 5.83. The van der Waals surface area contributed by atoms with Crippen LogP contribution in [-0.4, -0.2) is 61.8 Å². The first-order valence-corrected chi connectivity index (χ1v) is 9.92. The largest absolute Gasteiger partial charge is 0.452 e. The summed E-state index contributed by atoms with van der Waals surface area (Å²) in [5.41, 5.74) is 1.55. The minimum Gasteiger partial charge on any atom is -0.452 e. The molecule has 1 aliphatic heterocycles. The van der Waals surface area contributed by atoms with Crippen LogP contribution in [-0.2, 0) is 14.3 Å². The van der Waals surface area contributed by atoms with Gasteiger partial charge in [0.05, 0.1) is 18.8 Å². The van der Waals surface area contributed by atoms with Crippen LogP contribution in [0, 0.1) is 6.92 Å². The van der Waals surface area contributed by atoms with E-state index in [1.807, 2.05) is 19.1 Å². The Balaban J connectivity index is 1.50. The number of rotatable bonds is 6. The number of nitrogens with one attached hydrogen (secondary N) is 1. The molecule has 6 heteroatoms. The summed E-state index contributed by atoms with van der Waals surface area (Å²) in [6, 6.07) is 7.13. The van der Waals surface area contributed by atoms with Crippen molar-refractivity contribution in [2.75, 3.05) is 39.5 Å². The Morgan fingerprint density at radius 1 is 1.11 bits per heavy atom. The van der Waals surface area contributed by atoms with Crippen molar-refractivity contribution >= 4 is 11.9 Å². The second-order valence-corrected chi connectivity index (χ2v) is 7.60. The third kappa shape index (κ3) is 5.30. The summed E-state index contributed by atoms with van der Waals surface area (Å²) < 4.78 is 10.7. The van der Waals surface area contributed by atoms with Gasteiger partial charge in [0.2, 0.25) is 0 Å². The molecular formula is C21H30N2O4. The smallest absolute Gasteiger partial charge is 0.338 e. The Labute approximate surface area is 161 Å². The van der Waals surface area contributed by atoms with E-state index in [1.54, 1.807) is 12.1 Å². The molecule has 0 unspecified atom stereocenters. The molecule has 27 heavy (non-hydrogen) atoms. The van der Waals surface area contributed by atoms with Crippen LogP contribution in [0.5, 0.6) is 0 Å². The molecule has 1 saturated carbocycles. The molecule has 1 heterocycles. The zero-order valence-electron chi connectivity index (χ0n) is 16.2. The molecule has 0 atom stereocenters. The Kier molecular flexibility index (Phi) is 6.85. The third-order valence-electron chi connectivity index (χ3n) is 5.70. The summed E-state index contributed by atoms with van der Waals surface area (Å²) in [6.45, 7) is 5.65. The molecule has 2 fully saturated rings. The van der Waals surface area contributed by atoms with Crippen LogP contribution >= 0.6 is 0 Å². The Bertz CT molecular complexity index is 632. The predicted octanol–water partition coefficient (Wildman–Crippen LogP) is 2.30. The summed E-state index contributed by atoms with van der Waals surface area (Å²) in [4.78, 5) is 26.8. The lowest BCUT2D eigenvalue weighted by atomic mass is 9.79. The van der Waals surface area contributed by atoms with Crippen molar-refractivity contribution in [2.24, 2.45) is 0 Å². The SMILES string of the molecule is Cc1ccc(C(=O)OCC(=O)NCC2(N3CCOCC3)CCCCC2)cc1. The minimum atomic E-state index is -0.467. The summed E-state index contributed by atoms with van der Waals surface area (Å²) in [5.74, 6) is -0.709. The lowest BCUT2D eigenvalue weighted by Crippen LogP contribution is -2.59. The van der Waals surface area contributed by atoms with E-state index in [0.29, 0.717) is 12.1 Å². The maximum absolute atomic E-state index is 12.3. The highest BCUT2D eigenvalue weighted by Crippen LogP contribution is 2.33. The van der Waals surface area contributed by atoms with E-state index < -0.39 is 5.97 Å². The van der Waals surface area contributed by atoms with E-state index in [9.17, 15) is 9.59 Å². The van der Waals surface area contributed by atoms with E-state index in [2.05, 4.69) is 10.2 Å². The number of carbonyl (C=O) groups excluding carboxylic acids is 2. The molecule has 1 aromatic carbocycles. The van der Waals surface area contributed by atoms with Crippen LogP contribution < -0.4 is 5.32 Å². The van der Waals surface area contributed by atoms with E-state index in [-0.39, 0.29) is 18.1 Å². The highest BCUT2D eigenvalue weighted by Gasteiger charge is 2.38. The van der Waals surface area contributed by atoms with Gasteiger partial charge in [-0.25, -0.2) is 4.79 Å². The van der Waals surface area contributed by atoms with E-state index in [4.69, 9.17) is 9.47 Å². The van der Waals surface area contributed by atoms with Crippen LogP contribution in [0.1, 0.15) is 48.0 Å². The fourth-order valence-electron chi connectivity index (χ4n) is 4.07. The maximum Gasteiger partial charge on any atom is 0.338 e. The molecule has 2 aliphatic rings. The Hall–Kier alpha value is -1.92. The molecule has 0 radical (unpaired) electrons. The highest BCUT2D eigenvalue weighted by atomic mass is 16.5. The molecule has 1 N–H and O–H groups in total. The van der Waals surface area contributed by atoms with Crippen molar-refractivity contribution < 1.29 is 19.1 Å². The number of hydrogen-bond acceptors (Lipinski definition) is 5. The van der Waals surface area contributed by atoms with Crippen molar-refractivity contribution in [3.05, 3.63) is 35.4 Å². The molecular weight excluding hydrogens is 344 g/mol.